The number of carbonyl (C=O) groups excluding carboxylic acids is 2. The molecule has 2 aromatic rings. The van der Waals surface area contributed by atoms with E-state index in [1.165, 1.54) is 5.56 Å². The number of benzene rings is 2. The fourth-order valence-corrected chi connectivity index (χ4v) is 4.16. The van der Waals surface area contributed by atoms with Gasteiger partial charge in [0.05, 0.1) is 18.2 Å². The fraction of sp³-hybridized carbons (Fsp3) is 0.364. The Labute approximate surface area is 159 Å². The van der Waals surface area contributed by atoms with Gasteiger partial charge in [-0.1, -0.05) is 30.3 Å². The number of rotatable bonds is 4. The van der Waals surface area contributed by atoms with Crippen molar-refractivity contribution >= 4 is 23.2 Å². The summed E-state index contributed by atoms with van der Waals surface area (Å²) in [4.78, 5) is 29.5. The molecule has 5 nitrogen and oxygen atoms in total. The Morgan fingerprint density at radius 2 is 1.78 bits per heavy atom. The van der Waals surface area contributed by atoms with Gasteiger partial charge in [-0.3, -0.25) is 9.59 Å². The molecule has 0 aliphatic carbocycles. The number of hydrogen-bond acceptors (Lipinski definition) is 3. The number of amides is 2. The van der Waals surface area contributed by atoms with Gasteiger partial charge in [0.1, 0.15) is 5.75 Å². The molecule has 1 saturated heterocycles. The third-order valence-corrected chi connectivity index (χ3v) is 5.37. The quantitative estimate of drug-likeness (QED) is 0.835. The number of carbonyl (C=O) groups is 2. The summed E-state index contributed by atoms with van der Waals surface area (Å²) in [5.41, 5.74) is 2.92. The van der Waals surface area contributed by atoms with Gasteiger partial charge >= 0.3 is 0 Å². The average molecular weight is 364 g/mol. The zero-order valence-electron chi connectivity index (χ0n) is 15.7. The summed E-state index contributed by atoms with van der Waals surface area (Å²) in [6.07, 6.45) is 1.10. The Hall–Kier alpha value is -2.82. The number of para-hydroxylation sites is 3. The van der Waals surface area contributed by atoms with Gasteiger partial charge in [-0.2, -0.15) is 0 Å². The number of fused-ring (bicyclic) bond motifs is 1. The first-order valence-corrected chi connectivity index (χ1v) is 9.53. The zero-order valence-corrected chi connectivity index (χ0v) is 15.7. The van der Waals surface area contributed by atoms with E-state index in [0.29, 0.717) is 18.9 Å². The highest BCUT2D eigenvalue weighted by molar-refractivity contribution is 6.06. The molecule has 5 heteroatoms. The first-order valence-electron chi connectivity index (χ1n) is 9.53. The molecule has 0 radical (unpaired) electrons. The molecule has 0 saturated carbocycles. The summed E-state index contributed by atoms with van der Waals surface area (Å²) in [7, 11) is 0. The molecule has 2 amide bonds. The van der Waals surface area contributed by atoms with Crippen LogP contribution in [0.1, 0.15) is 25.8 Å². The summed E-state index contributed by atoms with van der Waals surface area (Å²) in [5, 5.41) is 0. The van der Waals surface area contributed by atoms with Crippen molar-refractivity contribution in [1.29, 1.82) is 0 Å². The molecule has 4 rings (SSSR count). The molecule has 0 aromatic heterocycles. The van der Waals surface area contributed by atoms with Crippen LogP contribution in [0.4, 0.5) is 11.4 Å². The molecular weight excluding hydrogens is 340 g/mol. The normalized spacial score (nSPS) is 21.5. The van der Waals surface area contributed by atoms with Gasteiger partial charge in [0.2, 0.25) is 11.8 Å². The van der Waals surface area contributed by atoms with Gasteiger partial charge in [0.15, 0.2) is 0 Å². The SMILES string of the molecule is CCOc1ccccc1N1CC(C(=O)N2c3ccccc3CC2C)CC1=O. The molecule has 2 atom stereocenters. The molecule has 0 bridgehead atoms. The van der Waals surface area contributed by atoms with Gasteiger partial charge in [-0.25, -0.2) is 0 Å². The van der Waals surface area contributed by atoms with Crippen LogP contribution >= 0.6 is 0 Å². The van der Waals surface area contributed by atoms with Crippen LogP contribution in [0.15, 0.2) is 48.5 Å². The lowest BCUT2D eigenvalue weighted by molar-refractivity contribution is -0.124. The fourth-order valence-electron chi connectivity index (χ4n) is 4.16. The second kappa shape index (κ2) is 7.06. The number of anilines is 2. The van der Waals surface area contributed by atoms with Crippen molar-refractivity contribution in [3.63, 3.8) is 0 Å². The predicted molar refractivity (Wildman–Crippen MR) is 105 cm³/mol. The minimum Gasteiger partial charge on any atom is -0.492 e. The van der Waals surface area contributed by atoms with Crippen LogP contribution in [0.3, 0.4) is 0 Å². The summed E-state index contributed by atoms with van der Waals surface area (Å²) in [5.74, 6) is 0.361. The minimum absolute atomic E-state index is 0.0272. The molecule has 140 valence electrons. The number of hydrogen-bond donors (Lipinski definition) is 0. The molecule has 0 N–H and O–H groups in total. The lowest BCUT2D eigenvalue weighted by Crippen LogP contribution is -2.41. The van der Waals surface area contributed by atoms with Gasteiger partial charge < -0.3 is 14.5 Å². The first kappa shape index (κ1) is 17.6. The molecular formula is C22H24N2O3. The van der Waals surface area contributed by atoms with Crippen LogP contribution in [0.5, 0.6) is 5.75 Å². The predicted octanol–water partition coefficient (Wildman–Crippen LogP) is 3.42. The molecule has 27 heavy (non-hydrogen) atoms. The van der Waals surface area contributed by atoms with E-state index in [1.54, 1.807) is 4.90 Å². The van der Waals surface area contributed by atoms with Crippen molar-refractivity contribution in [2.24, 2.45) is 5.92 Å². The van der Waals surface area contributed by atoms with E-state index in [-0.39, 0.29) is 30.2 Å². The van der Waals surface area contributed by atoms with Crippen molar-refractivity contribution in [1.82, 2.24) is 0 Å². The van der Waals surface area contributed by atoms with E-state index in [9.17, 15) is 9.59 Å². The zero-order chi connectivity index (χ0) is 19.0. The third-order valence-electron chi connectivity index (χ3n) is 5.37. The maximum Gasteiger partial charge on any atom is 0.232 e. The molecule has 2 heterocycles. The topological polar surface area (TPSA) is 49.9 Å². The van der Waals surface area contributed by atoms with Crippen molar-refractivity contribution < 1.29 is 14.3 Å². The van der Waals surface area contributed by atoms with Gasteiger partial charge in [0.25, 0.3) is 0 Å². The van der Waals surface area contributed by atoms with Crippen molar-refractivity contribution in [3.8, 4) is 5.75 Å². The monoisotopic (exact) mass is 364 g/mol. The lowest BCUT2D eigenvalue weighted by atomic mass is 10.1. The van der Waals surface area contributed by atoms with E-state index in [2.05, 4.69) is 13.0 Å². The number of ether oxygens (including phenoxy) is 1. The van der Waals surface area contributed by atoms with Gasteiger partial charge in [0, 0.05) is 24.7 Å². The summed E-state index contributed by atoms with van der Waals surface area (Å²) in [6, 6.07) is 15.7. The number of nitrogens with zero attached hydrogens (tertiary/aromatic N) is 2. The lowest BCUT2D eigenvalue weighted by Gasteiger charge is -2.26. The maximum atomic E-state index is 13.3. The van der Waals surface area contributed by atoms with Crippen LogP contribution in [0.25, 0.3) is 0 Å². The average Bonchev–Trinajstić information content (AvgIpc) is 3.21. The molecule has 2 unspecified atom stereocenters. The Kier molecular flexibility index (Phi) is 4.60. The molecule has 1 fully saturated rings. The largest absolute Gasteiger partial charge is 0.492 e. The van der Waals surface area contributed by atoms with Crippen molar-refractivity contribution in [2.45, 2.75) is 32.7 Å². The first-order chi connectivity index (χ1) is 13.1. The van der Waals surface area contributed by atoms with Crippen molar-refractivity contribution in [2.75, 3.05) is 23.0 Å². The van der Waals surface area contributed by atoms with Gasteiger partial charge in [-0.15, -0.1) is 0 Å². The Morgan fingerprint density at radius 3 is 2.56 bits per heavy atom. The molecule has 0 spiro atoms. The highest BCUT2D eigenvalue weighted by Gasteiger charge is 2.41. The summed E-state index contributed by atoms with van der Waals surface area (Å²) in [6.45, 7) is 4.91. The second-order valence-electron chi connectivity index (χ2n) is 7.20. The third kappa shape index (κ3) is 3.07. The standard InChI is InChI=1S/C22H24N2O3/c1-3-27-20-11-7-6-10-19(20)23-14-17(13-21(23)25)22(26)24-15(2)12-16-8-4-5-9-18(16)24/h4-11,15,17H,3,12-14H2,1-2H3. The van der Waals surface area contributed by atoms with E-state index < -0.39 is 0 Å². The van der Waals surface area contributed by atoms with Crippen LogP contribution < -0.4 is 14.5 Å². The summed E-state index contributed by atoms with van der Waals surface area (Å²) >= 11 is 0. The maximum absolute atomic E-state index is 13.3. The Balaban J connectivity index is 1.57. The van der Waals surface area contributed by atoms with Crippen LogP contribution in [-0.2, 0) is 16.0 Å². The smallest absolute Gasteiger partial charge is 0.232 e. The van der Waals surface area contributed by atoms with E-state index in [4.69, 9.17) is 4.74 Å². The van der Waals surface area contributed by atoms with Crippen LogP contribution in [0.2, 0.25) is 0 Å². The summed E-state index contributed by atoms with van der Waals surface area (Å²) < 4.78 is 5.67. The molecule has 2 aliphatic rings. The molecule has 2 aliphatic heterocycles. The van der Waals surface area contributed by atoms with Crippen LogP contribution in [-0.4, -0.2) is 31.0 Å². The van der Waals surface area contributed by atoms with Crippen molar-refractivity contribution in [3.05, 3.63) is 54.1 Å². The second-order valence-corrected chi connectivity index (χ2v) is 7.20. The minimum atomic E-state index is -0.333. The Bertz CT molecular complexity index is 879. The van der Waals surface area contributed by atoms with Gasteiger partial charge in [-0.05, 0) is 44.0 Å². The highest BCUT2D eigenvalue weighted by atomic mass is 16.5. The Morgan fingerprint density at radius 1 is 1.07 bits per heavy atom. The van der Waals surface area contributed by atoms with Crippen LogP contribution in [0, 0.1) is 5.92 Å². The highest BCUT2D eigenvalue weighted by Crippen LogP contribution is 2.37. The van der Waals surface area contributed by atoms with E-state index in [1.807, 2.05) is 54.3 Å². The molecule has 2 aromatic carbocycles. The van der Waals surface area contributed by atoms with E-state index >= 15 is 0 Å². The van der Waals surface area contributed by atoms with E-state index in [0.717, 1.165) is 17.8 Å².